The molecule has 0 aliphatic heterocycles. The van der Waals surface area contributed by atoms with E-state index in [1.165, 1.54) is 12.1 Å². The maximum Gasteiger partial charge on any atom is 0.255 e. The summed E-state index contributed by atoms with van der Waals surface area (Å²) in [5, 5.41) is 3.30. The Morgan fingerprint density at radius 2 is 1.93 bits per heavy atom. The fourth-order valence-corrected chi connectivity index (χ4v) is 2.59. The number of hydrogen-bond acceptors (Lipinski definition) is 3. The van der Waals surface area contributed by atoms with Gasteiger partial charge in [-0.05, 0) is 41.8 Å². The standard InChI is InChI=1S/C20H25FN4O2.HI/c1-23-20(25(2)13-16-4-3-5-17(21)12-16)24-11-10-15-6-8-18(9-7-15)27-14-19(22)26;/h3-9,12H,10-11,13-14H2,1-2H3,(H2,22,26)(H,23,24);1H. The van der Waals surface area contributed by atoms with Gasteiger partial charge in [0.15, 0.2) is 12.6 Å². The number of aliphatic imine (C=N–C) groups is 1. The lowest BCUT2D eigenvalue weighted by Gasteiger charge is -2.22. The molecule has 0 fully saturated rings. The molecular formula is C20H26FIN4O2. The van der Waals surface area contributed by atoms with E-state index in [1.807, 2.05) is 42.3 Å². The SMILES string of the molecule is CN=C(NCCc1ccc(OCC(N)=O)cc1)N(C)Cc1cccc(F)c1.I. The Labute approximate surface area is 182 Å². The van der Waals surface area contributed by atoms with E-state index in [0.717, 1.165) is 23.5 Å². The zero-order chi connectivity index (χ0) is 19.6. The third-order valence-corrected chi connectivity index (χ3v) is 3.88. The van der Waals surface area contributed by atoms with Gasteiger partial charge in [-0.15, -0.1) is 24.0 Å². The van der Waals surface area contributed by atoms with E-state index >= 15 is 0 Å². The van der Waals surface area contributed by atoms with Crippen molar-refractivity contribution in [3.8, 4) is 5.75 Å². The predicted octanol–water partition coefficient (Wildman–Crippen LogP) is 2.56. The highest BCUT2D eigenvalue weighted by atomic mass is 127. The van der Waals surface area contributed by atoms with Crippen molar-refractivity contribution >= 4 is 35.8 Å². The molecule has 0 saturated carbocycles. The van der Waals surface area contributed by atoms with E-state index in [2.05, 4.69) is 10.3 Å². The molecule has 0 aliphatic rings. The Bertz CT molecular complexity index is 784. The summed E-state index contributed by atoms with van der Waals surface area (Å²) in [5.41, 5.74) is 7.06. The van der Waals surface area contributed by atoms with Crippen LogP contribution in [0.2, 0.25) is 0 Å². The van der Waals surface area contributed by atoms with Crippen molar-refractivity contribution in [2.45, 2.75) is 13.0 Å². The van der Waals surface area contributed by atoms with Crippen molar-refractivity contribution in [2.75, 3.05) is 27.2 Å². The van der Waals surface area contributed by atoms with Crippen LogP contribution in [0.3, 0.4) is 0 Å². The molecule has 0 atom stereocenters. The summed E-state index contributed by atoms with van der Waals surface area (Å²) in [6.45, 7) is 1.12. The van der Waals surface area contributed by atoms with Gasteiger partial charge < -0.3 is 20.7 Å². The van der Waals surface area contributed by atoms with E-state index in [-0.39, 0.29) is 36.4 Å². The van der Waals surface area contributed by atoms with Crippen molar-refractivity contribution in [3.63, 3.8) is 0 Å². The number of primary amides is 1. The third kappa shape index (κ3) is 8.12. The summed E-state index contributed by atoms with van der Waals surface area (Å²) in [6.07, 6.45) is 0.795. The van der Waals surface area contributed by atoms with Crippen LogP contribution in [-0.2, 0) is 17.8 Å². The highest BCUT2D eigenvalue weighted by Gasteiger charge is 2.07. The molecule has 0 unspecified atom stereocenters. The van der Waals surface area contributed by atoms with E-state index < -0.39 is 5.91 Å². The fraction of sp³-hybridized carbons (Fsp3) is 0.300. The molecule has 0 bridgehead atoms. The van der Waals surface area contributed by atoms with Crippen molar-refractivity contribution in [1.82, 2.24) is 10.2 Å². The number of hydrogen-bond donors (Lipinski definition) is 2. The van der Waals surface area contributed by atoms with Crippen LogP contribution in [0.25, 0.3) is 0 Å². The zero-order valence-corrected chi connectivity index (χ0v) is 18.4. The number of nitrogens with zero attached hydrogens (tertiary/aromatic N) is 2. The second-order valence-corrected chi connectivity index (χ2v) is 6.11. The van der Waals surface area contributed by atoms with Crippen LogP contribution >= 0.6 is 24.0 Å². The van der Waals surface area contributed by atoms with Crippen LogP contribution in [0.15, 0.2) is 53.5 Å². The van der Waals surface area contributed by atoms with Gasteiger partial charge >= 0.3 is 0 Å². The average molecular weight is 500 g/mol. The summed E-state index contributed by atoms with van der Waals surface area (Å²) in [5.74, 6) is 0.598. The number of benzene rings is 2. The molecule has 0 radical (unpaired) electrons. The van der Waals surface area contributed by atoms with Gasteiger partial charge in [-0.3, -0.25) is 9.79 Å². The van der Waals surface area contributed by atoms with Crippen LogP contribution in [0.5, 0.6) is 5.75 Å². The largest absolute Gasteiger partial charge is 0.484 e. The Morgan fingerprint density at radius 3 is 2.54 bits per heavy atom. The molecule has 1 amide bonds. The number of carbonyl (C=O) groups excluding carboxylic acids is 1. The first-order valence-electron chi connectivity index (χ1n) is 8.64. The normalized spacial score (nSPS) is 10.8. The summed E-state index contributed by atoms with van der Waals surface area (Å²) in [7, 11) is 3.63. The molecule has 0 aliphatic carbocycles. The molecule has 0 saturated heterocycles. The Balaban J connectivity index is 0.00000392. The Hall–Kier alpha value is -2.36. The van der Waals surface area contributed by atoms with Gasteiger partial charge in [0.25, 0.3) is 5.91 Å². The van der Waals surface area contributed by atoms with Gasteiger partial charge in [-0.1, -0.05) is 24.3 Å². The van der Waals surface area contributed by atoms with E-state index in [4.69, 9.17) is 10.5 Å². The molecular weight excluding hydrogens is 474 g/mol. The van der Waals surface area contributed by atoms with Crippen molar-refractivity contribution < 1.29 is 13.9 Å². The van der Waals surface area contributed by atoms with Crippen LogP contribution in [0, 0.1) is 5.82 Å². The number of nitrogens with one attached hydrogen (secondary N) is 1. The molecule has 6 nitrogen and oxygen atoms in total. The minimum absolute atomic E-state index is 0. The first-order valence-corrected chi connectivity index (χ1v) is 8.64. The molecule has 8 heteroatoms. The van der Waals surface area contributed by atoms with Crippen molar-refractivity contribution in [1.29, 1.82) is 0 Å². The number of carbonyl (C=O) groups is 1. The van der Waals surface area contributed by atoms with E-state index in [1.54, 1.807) is 13.1 Å². The monoisotopic (exact) mass is 500 g/mol. The van der Waals surface area contributed by atoms with E-state index in [0.29, 0.717) is 18.8 Å². The topological polar surface area (TPSA) is 80.0 Å². The number of nitrogens with two attached hydrogens (primary N) is 1. The van der Waals surface area contributed by atoms with Gasteiger partial charge in [0.05, 0.1) is 0 Å². The Kier molecular flexibility index (Phi) is 10.3. The molecule has 0 heterocycles. The molecule has 2 rings (SSSR count). The van der Waals surface area contributed by atoms with Gasteiger partial charge in [-0.25, -0.2) is 4.39 Å². The van der Waals surface area contributed by atoms with Gasteiger partial charge in [0.1, 0.15) is 11.6 Å². The smallest absolute Gasteiger partial charge is 0.255 e. The molecule has 2 aromatic carbocycles. The van der Waals surface area contributed by atoms with Crippen LogP contribution in [0.1, 0.15) is 11.1 Å². The predicted molar refractivity (Wildman–Crippen MR) is 119 cm³/mol. The van der Waals surface area contributed by atoms with Gasteiger partial charge in [0, 0.05) is 27.2 Å². The van der Waals surface area contributed by atoms with Crippen LogP contribution < -0.4 is 15.8 Å². The van der Waals surface area contributed by atoms with Gasteiger partial charge in [0.2, 0.25) is 0 Å². The Morgan fingerprint density at radius 1 is 1.21 bits per heavy atom. The molecule has 3 N–H and O–H groups in total. The number of amides is 1. The number of ether oxygens (including phenoxy) is 1. The maximum absolute atomic E-state index is 13.3. The minimum Gasteiger partial charge on any atom is -0.484 e. The number of rotatable bonds is 8. The summed E-state index contributed by atoms with van der Waals surface area (Å²) in [6, 6.07) is 14.0. The first-order chi connectivity index (χ1) is 13.0. The average Bonchev–Trinajstić information content (AvgIpc) is 2.64. The summed E-state index contributed by atoms with van der Waals surface area (Å²) in [4.78, 5) is 16.9. The lowest BCUT2D eigenvalue weighted by atomic mass is 10.1. The zero-order valence-electron chi connectivity index (χ0n) is 16.0. The van der Waals surface area contributed by atoms with Crippen molar-refractivity contribution in [3.05, 3.63) is 65.5 Å². The molecule has 2 aromatic rings. The summed E-state index contributed by atoms with van der Waals surface area (Å²) < 4.78 is 18.5. The highest BCUT2D eigenvalue weighted by molar-refractivity contribution is 14.0. The second-order valence-electron chi connectivity index (χ2n) is 6.11. The lowest BCUT2D eigenvalue weighted by molar-refractivity contribution is -0.119. The first kappa shape index (κ1) is 23.7. The van der Waals surface area contributed by atoms with E-state index in [9.17, 15) is 9.18 Å². The quantitative estimate of drug-likeness (QED) is 0.332. The molecule has 28 heavy (non-hydrogen) atoms. The maximum atomic E-state index is 13.3. The van der Waals surface area contributed by atoms with Crippen molar-refractivity contribution in [2.24, 2.45) is 10.7 Å². The van der Waals surface area contributed by atoms with Gasteiger partial charge in [-0.2, -0.15) is 0 Å². The molecule has 0 aromatic heterocycles. The number of guanidine groups is 1. The van der Waals surface area contributed by atoms with Crippen LogP contribution in [0.4, 0.5) is 4.39 Å². The third-order valence-electron chi connectivity index (χ3n) is 3.88. The molecule has 152 valence electrons. The summed E-state index contributed by atoms with van der Waals surface area (Å²) >= 11 is 0. The lowest BCUT2D eigenvalue weighted by Crippen LogP contribution is -2.39. The second kappa shape index (κ2) is 12.2. The fourth-order valence-electron chi connectivity index (χ4n) is 2.59. The highest BCUT2D eigenvalue weighted by Crippen LogP contribution is 2.12. The molecule has 0 spiro atoms. The minimum atomic E-state index is -0.503. The number of halogens is 2. The van der Waals surface area contributed by atoms with Crippen LogP contribution in [-0.4, -0.2) is 44.0 Å².